The summed E-state index contributed by atoms with van der Waals surface area (Å²) in [6.45, 7) is 2.18. The van der Waals surface area contributed by atoms with Gasteiger partial charge in [0.05, 0.1) is 11.0 Å². The van der Waals surface area contributed by atoms with Crippen molar-refractivity contribution >= 4 is 17.2 Å². The van der Waals surface area contributed by atoms with Gasteiger partial charge in [-0.15, -0.1) is 11.3 Å². The first-order chi connectivity index (χ1) is 10.3. The first kappa shape index (κ1) is 13.0. The normalized spacial score (nSPS) is 27.7. The molecule has 2 aromatic rings. The highest BCUT2D eigenvalue weighted by Crippen LogP contribution is 2.31. The van der Waals surface area contributed by atoms with Crippen molar-refractivity contribution in [3.8, 4) is 10.6 Å². The van der Waals surface area contributed by atoms with Crippen molar-refractivity contribution in [1.82, 2.24) is 15.4 Å². The Bertz CT molecular complexity index is 629. The number of nitrogens with one attached hydrogen (secondary N) is 1. The second-order valence-corrected chi connectivity index (χ2v) is 6.71. The van der Waals surface area contributed by atoms with Gasteiger partial charge >= 0.3 is 0 Å². The van der Waals surface area contributed by atoms with Crippen LogP contribution in [0.25, 0.3) is 10.6 Å². The lowest BCUT2D eigenvalue weighted by atomic mass is 9.86. The maximum atomic E-state index is 12.3. The molecule has 0 aliphatic carbocycles. The number of carbonyl (C=O) groups excluding carboxylic acids is 1. The molecule has 0 radical (unpaired) electrons. The molecule has 1 atom stereocenters. The summed E-state index contributed by atoms with van der Waals surface area (Å²) in [5.74, 6) is 1.28. The second kappa shape index (κ2) is 5.27. The van der Waals surface area contributed by atoms with Crippen LogP contribution in [-0.4, -0.2) is 35.2 Å². The van der Waals surface area contributed by atoms with Gasteiger partial charge in [0.15, 0.2) is 11.5 Å². The van der Waals surface area contributed by atoms with Gasteiger partial charge in [0.1, 0.15) is 0 Å². The average molecular weight is 303 g/mol. The molecule has 0 spiro atoms. The number of nitrogens with zero attached hydrogens (tertiary/aromatic N) is 2. The Morgan fingerprint density at radius 1 is 1.43 bits per heavy atom. The van der Waals surface area contributed by atoms with E-state index in [9.17, 15) is 4.79 Å². The molecule has 21 heavy (non-hydrogen) atoms. The van der Waals surface area contributed by atoms with Crippen molar-refractivity contribution in [3.63, 3.8) is 0 Å². The van der Waals surface area contributed by atoms with Crippen LogP contribution in [0.1, 0.15) is 29.8 Å². The zero-order valence-electron chi connectivity index (χ0n) is 11.6. The predicted octanol–water partition coefficient (Wildman–Crippen LogP) is 2.57. The van der Waals surface area contributed by atoms with Crippen molar-refractivity contribution in [1.29, 1.82) is 0 Å². The topological polar surface area (TPSA) is 58.4 Å². The first-order valence-electron chi connectivity index (χ1n) is 7.35. The van der Waals surface area contributed by atoms with Gasteiger partial charge in [-0.1, -0.05) is 11.2 Å². The van der Waals surface area contributed by atoms with Crippen LogP contribution in [0.15, 0.2) is 28.1 Å². The van der Waals surface area contributed by atoms with Crippen LogP contribution in [0.2, 0.25) is 0 Å². The molecule has 5 heterocycles. The Morgan fingerprint density at radius 2 is 2.29 bits per heavy atom. The fourth-order valence-electron chi connectivity index (χ4n) is 3.26. The molecule has 1 N–H and O–H groups in total. The zero-order valence-corrected chi connectivity index (χ0v) is 12.4. The summed E-state index contributed by atoms with van der Waals surface area (Å²) in [4.78, 5) is 15.7. The van der Waals surface area contributed by atoms with E-state index < -0.39 is 0 Å². The van der Waals surface area contributed by atoms with E-state index in [4.69, 9.17) is 4.52 Å². The second-order valence-electron chi connectivity index (χ2n) is 5.76. The van der Waals surface area contributed by atoms with Gasteiger partial charge < -0.3 is 9.84 Å². The van der Waals surface area contributed by atoms with Gasteiger partial charge in [0.25, 0.3) is 5.91 Å². The highest BCUT2D eigenvalue weighted by atomic mass is 32.1. The number of amides is 1. The Hall–Kier alpha value is -1.66. The molecule has 5 nitrogen and oxygen atoms in total. The third kappa shape index (κ3) is 2.49. The van der Waals surface area contributed by atoms with Crippen molar-refractivity contribution in [3.05, 3.63) is 29.3 Å². The fourth-order valence-corrected chi connectivity index (χ4v) is 3.93. The van der Waals surface area contributed by atoms with E-state index in [1.54, 1.807) is 17.4 Å². The van der Waals surface area contributed by atoms with Crippen LogP contribution in [0, 0.1) is 5.92 Å². The maximum absolute atomic E-state index is 12.3. The minimum Gasteiger partial charge on any atom is -0.355 e. The number of fused-ring (bicyclic) bond motifs is 3. The minimum atomic E-state index is -0.140. The molecule has 3 saturated heterocycles. The summed E-state index contributed by atoms with van der Waals surface area (Å²) in [7, 11) is 0. The highest BCUT2D eigenvalue weighted by molar-refractivity contribution is 7.13. The molecule has 1 amide bonds. The minimum absolute atomic E-state index is 0.140. The molecule has 0 saturated carbocycles. The molecule has 2 aromatic heterocycles. The van der Waals surface area contributed by atoms with E-state index in [0.29, 0.717) is 11.5 Å². The van der Waals surface area contributed by atoms with E-state index in [1.807, 2.05) is 17.5 Å². The standard InChI is InChI=1S/C15H17N3O2S/c19-15(16-14-8-10-3-5-18(14)6-4-10)11-9-12(20-17-11)13-2-1-7-21-13/h1-2,7,9-10,14H,3-6,8H2,(H,16,19). The van der Waals surface area contributed by atoms with E-state index in [-0.39, 0.29) is 12.1 Å². The van der Waals surface area contributed by atoms with Crippen molar-refractivity contribution < 1.29 is 9.32 Å². The van der Waals surface area contributed by atoms with E-state index >= 15 is 0 Å². The molecule has 0 aromatic carbocycles. The van der Waals surface area contributed by atoms with Gasteiger partial charge in [-0.2, -0.15) is 0 Å². The molecule has 3 aliphatic rings. The number of piperidine rings is 3. The van der Waals surface area contributed by atoms with Crippen LogP contribution in [0.5, 0.6) is 0 Å². The van der Waals surface area contributed by atoms with Crippen LogP contribution in [0.3, 0.4) is 0 Å². The van der Waals surface area contributed by atoms with E-state index in [0.717, 1.165) is 30.3 Å². The first-order valence-corrected chi connectivity index (χ1v) is 8.23. The lowest BCUT2D eigenvalue weighted by Crippen LogP contribution is -2.56. The molecule has 110 valence electrons. The van der Waals surface area contributed by atoms with Gasteiger partial charge in [0.2, 0.25) is 0 Å². The van der Waals surface area contributed by atoms with Crippen LogP contribution in [-0.2, 0) is 0 Å². The monoisotopic (exact) mass is 303 g/mol. The summed E-state index contributed by atoms with van der Waals surface area (Å²) < 4.78 is 5.27. The zero-order chi connectivity index (χ0) is 14.2. The van der Waals surface area contributed by atoms with Crippen LogP contribution < -0.4 is 5.32 Å². The lowest BCUT2D eigenvalue weighted by molar-refractivity contribution is 0.0292. The summed E-state index contributed by atoms with van der Waals surface area (Å²) >= 11 is 1.57. The summed E-state index contributed by atoms with van der Waals surface area (Å²) in [6, 6.07) is 5.63. The summed E-state index contributed by atoms with van der Waals surface area (Å²) in [6.07, 6.45) is 3.74. The van der Waals surface area contributed by atoms with Gasteiger partial charge in [-0.25, -0.2) is 0 Å². The SMILES string of the molecule is O=C(NC1CC2CCN1CC2)c1cc(-c2cccs2)on1. The van der Waals surface area contributed by atoms with Crippen molar-refractivity contribution in [2.45, 2.75) is 25.4 Å². The van der Waals surface area contributed by atoms with Crippen LogP contribution in [0.4, 0.5) is 0 Å². The Kier molecular flexibility index (Phi) is 3.27. The maximum Gasteiger partial charge on any atom is 0.274 e. The van der Waals surface area contributed by atoms with E-state index in [2.05, 4.69) is 15.4 Å². The highest BCUT2D eigenvalue weighted by Gasteiger charge is 2.34. The predicted molar refractivity (Wildman–Crippen MR) is 80.0 cm³/mol. The Labute approximate surface area is 126 Å². The molecule has 6 heteroatoms. The molecule has 5 rings (SSSR count). The number of carbonyl (C=O) groups is 1. The fraction of sp³-hybridized carbons (Fsp3) is 0.467. The van der Waals surface area contributed by atoms with Crippen molar-refractivity contribution in [2.24, 2.45) is 5.92 Å². The molecule has 3 aliphatic heterocycles. The molecular formula is C15H17N3O2S. The molecule has 1 unspecified atom stereocenters. The largest absolute Gasteiger partial charge is 0.355 e. The molecule has 3 fully saturated rings. The van der Waals surface area contributed by atoms with Gasteiger partial charge in [-0.3, -0.25) is 9.69 Å². The quantitative estimate of drug-likeness (QED) is 0.947. The Morgan fingerprint density at radius 3 is 2.95 bits per heavy atom. The third-order valence-electron chi connectivity index (χ3n) is 4.45. The van der Waals surface area contributed by atoms with Gasteiger partial charge in [0, 0.05) is 19.2 Å². The smallest absolute Gasteiger partial charge is 0.274 e. The number of thiophene rings is 1. The number of aromatic nitrogens is 1. The lowest BCUT2D eigenvalue weighted by Gasteiger charge is -2.45. The number of hydrogen-bond donors (Lipinski definition) is 1. The molecule has 2 bridgehead atoms. The number of rotatable bonds is 3. The third-order valence-corrected chi connectivity index (χ3v) is 5.34. The van der Waals surface area contributed by atoms with Crippen molar-refractivity contribution in [2.75, 3.05) is 13.1 Å². The van der Waals surface area contributed by atoms with Gasteiger partial charge in [-0.05, 0) is 36.6 Å². The molecular weight excluding hydrogens is 286 g/mol. The Balaban J connectivity index is 1.46. The summed E-state index contributed by atoms with van der Waals surface area (Å²) in [5, 5.41) is 8.97. The van der Waals surface area contributed by atoms with E-state index in [1.165, 1.54) is 12.8 Å². The summed E-state index contributed by atoms with van der Waals surface area (Å²) in [5.41, 5.74) is 0.362. The number of hydrogen-bond acceptors (Lipinski definition) is 5. The van der Waals surface area contributed by atoms with Crippen LogP contribution >= 0.6 is 11.3 Å². The average Bonchev–Trinajstić information content (AvgIpc) is 3.20.